The van der Waals surface area contributed by atoms with Gasteiger partial charge in [-0.1, -0.05) is 61.0 Å². The number of benzene rings is 4. The minimum Gasteiger partial charge on any atom is -0.744 e. The van der Waals surface area contributed by atoms with Crippen molar-refractivity contribution in [2.45, 2.75) is 42.8 Å². The van der Waals surface area contributed by atoms with Crippen LogP contribution in [0.2, 0.25) is 0 Å². The van der Waals surface area contributed by atoms with E-state index in [9.17, 15) is 28.0 Å². The van der Waals surface area contributed by atoms with Crippen LogP contribution in [0.1, 0.15) is 36.0 Å². The Kier molecular flexibility index (Phi) is 11.0. The molecule has 0 amide bonds. The van der Waals surface area contributed by atoms with Gasteiger partial charge in [-0.05, 0) is 79.9 Å². The molecule has 4 aromatic carbocycles. The number of aliphatic hydroxyl groups excluding tert-OH is 2. The normalized spacial score (nSPS) is 17.0. The van der Waals surface area contributed by atoms with Crippen molar-refractivity contribution >= 4 is 39.3 Å². The molecule has 2 atom stereocenters. The largest absolute Gasteiger partial charge is 0.744 e. The van der Waals surface area contributed by atoms with Crippen LogP contribution in [0.3, 0.4) is 0 Å². The van der Waals surface area contributed by atoms with Crippen molar-refractivity contribution in [3.05, 3.63) is 121 Å². The lowest BCUT2D eigenvalue weighted by Crippen LogP contribution is -2.34. The topological polar surface area (TPSA) is 124 Å². The van der Waals surface area contributed by atoms with E-state index in [1.807, 2.05) is 18.2 Å². The molecule has 2 unspecified atom stereocenters. The molecule has 220 valence electrons. The molecular weight excluding hydrogens is 571 g/mol. The van der Waals surface area contributed by atoms with Crippen molar-refractivity contribution < 1.29 is 32.7 Å². The lowest BCUT2D eigenvalue weighted by atomic mass is 9.95. The maximum atomic E-state index is 11.9. The maximum Gasteiger partial charge on any atom is 0.338 e. The predicted molar refractivity (Wildman–Crippen MR) is 165 cm³/mol. The highest BCUT2D eigenvalue weighted by molar-refractivity contribution is 7.95. The zero-order valence-corrected chi connectivity index (χ0v) is 24.9. The molecule has 0 aliphatic heterocycles. The van der Waals surface area contributed by atoms with E-state index in [2.05, 4.69) is 72.8 Å². The van der Waals surface area contributed by atoms with Crippen LogP contribution >= 0.6 is 7.26 Å². The third kappa shape index (κ3) is 7.71. The Hall–Kier alpha value is -3.39. The Balaban J connectivity index is 0.000000194. The van der Waals surface area contributed by atoms with Gasteiger partial charge in [-0.2, -0.15) is 0 Å². The fraction of sp³-hybridized carbons (Fsp3) is 0.242. The standard InChI is InChI=1S/C20H20OP.C13H16O6S/c21-16-17-22(18-10-4-1-5-11-18,19-12-6-2-7-13-19)20-14-8-3-9-15-20;14-11-3-1-2-4-12(11)19-13(15)9-5-7-10(8-6-9)20(16,17)18/h1-15,21H,16-17H2;5-8,11-12,14H,1-4H2,(H,16,17,18)/q+1;/p-1. The summed E-state index contributed by atoms with van der Waals surface area (Å²) in [6.07, 6.45) is 2.59. The summed E-state index contributed by atoms with van der Waals surface area (Å²) in [5.41, 5.74) is 0.148. The summed E-state index contributed by atoms with van der Waals surface area (Å²) in [7, 11) is -6.33. The van der Waals surface area contributed by atoms with Gasteiger partial charge in [0.25, 0.3) is 0 Å². The number of esters is 1. The average molecular weight is 607 g/mol. The van der Waals surface area contributed by atoms with E-state index in [0.717, 1.165) is 31.1 Å². The van der Waals surface area contributed by atoms with E-state index in [-0.39, 0.29) is 12.2 Å². The van der Waals surface area contributed by atoms with E-state index in [1.54, 1.807) is 0 Å². The summed E-state index contributed by atoms with van der Waals surface area (Å²) < 4.78 is 37.5. The van der Waals surface area contributed by atoms with E-state index >= 15 is 0 Å². The van der Waals surface area contributed by atoms with Crippen LogP contribution in [0, 0.1) is 0 Å². The van der Waals surface area contributed by atoms with Crippen LogP contribution in [-0.2, 0) is 14.9 Å². The number of hydrogen-bond donors (Lipinski definition) is 2. The van der Waals surface area contributed by atoms with Gasteiger partial charge in [0.1, 0.15) is 39.4 Å². The number of rotatable bonds is 8. The Morgan fingerprint density at radius 2 is 1.21 bits per heavy atom. The van der Waals surface area contributed by atoms with Crippen LogP contribution in [0.5, 0.6) is 0 Å². The number of carbonyl (C=O) groups is 1. The molecule has 4 aromatic rings. The SMILES string of the molecule is O=C(OC1CCCCC1O)c1ccc(S(=O)(=O)[O-])cc1.OCC[P+](c1ccccc1)(c1ccccc1)c1ccccc1. The van der Waals surface area contributed by atoms with Crippen molar-refractivity contribution in [3.8, 4) is 0 Å². The van der Waals surface area contributed by atoms with Crippen LogP contribution in [0.15, 0.2) is 120 Å². The number of hydrogen-bond acceptors (Lipinski definition) is 7. The van der Waals surface area contributed by atoms with Crippen LogP contribution in [-0.4, -0.2) is 54.1 Å². The summed E-state index contributed by atoms with van der Waals surface area (Å²) in [6, 6.07) is 36.5. The monoisotopic (exact) mass is 606 g/mol. The van der Waals surface area contributed by atoms with Crippen LogP contribution in [0.25, 0.3) is 0 Å². The molecule has 7 nitrogen and oxygen atoms in total. The van der Waals surface area contributed by atoms with E-state index in [0.29, 0.717) is 12.8 Å². The summed E-state index contributed by atoms with van der Waals surface area (Å²) in [5.74, 6) is -0.634. The first kappa shape index (κ1) is 31.5. The zero-order valence-electron chi connectivity index (χ0n) is 23.2. The molecule has 0 radical (unpaired) electrons. The van der Waals surface area contributed by atoms with Gasteiger partial charge in [-0.3, -0.25) is 0 Å². The predicted octanol–water partition coefficient (Wildman–Crippen LogP) is 4.02. The molecule has 1 aliphatic carbocycles. The lowest BCUT2D eigenvalue weighted by molar-refractivity contribution is -0.0360. The van der Waals surface area contributed by atoms with Crippen molar-refractivity contribution in [1.29, 1.82) is 0 Å². The first-order chi connectivity index (χ1) is 20.3. The van der Waals surface area contributed by atoms with Gasteiger partial charge in [0, 0.05) is 0 Å². The van der Waals surface area contributed by atoms with E-state index in [1.165, 1.54) is 28.0 Å². The molecule has 5 rings (SSSR count). The average Bonchev–Trinajstić information content (AvgIpc) is 3.02. The summed E-state index contributed by atoms with van der Waals surface area (Å²) in [6.45, 7) is 0.187. The van der Waals surface area contributed by atoms with E-state index < -0.39 is 40.5 Å². The third-order valence-corrected chi connectivity index (χ3v) is 12.6. The Morgan fingerprint density at radius 1 is 0.762 bits per heavy atom. The van der Waals surface area contributed by atoms with Gasteiger partial charge in [-0.25, -0.2) is 13.2 Å². The van der Waals surface area contributed by atoms with Crippen molar-refractivity contribution in [1.82, 2.24) is 0 Å². The second-order valence-corrected chi connectivity index (χ2v) is 15.0. The van der Waals surface area contributed by atoms with Crippen LogP contribution in [0.4, 0.5) is 0 Å². The molecule has 9 heteroatoms. The molecule has 0 saturated heterocycles. The van der Waals surface area contributed by atoms with Crippen molar-refractivity contribution in [2.24, 2.45) is 0 Å². The first-order valence-electron chi connectivity index (χ1n) is 13.9. The molecule has 1 aliphatic rings. The first-order valence-corrected chi connectivity index (χ1v) is 17.2. The van der Waals surface area contributed by atoms with Gasteiger partial charge in [0.05, 0.1) is 29.3 Å². The van der Waals surface area contributed by atoms with Crippen molar-refractivity contribution in [3.63, 3.8) is 0 Å². The zero-order chi connectivity index (χ0) is 30.0. The lowest BCUT2D eigenvalue weighted by Gasteiger charge is -2.27. The van der Waals surface area contributed by atoms with Gasteiger partial charge >= 0.3 is 5.97 Å². The number of carbonyl (C=O) groups excluding carboxylic acids is 1. The molecule has 1 saturated carbocycles. The third-order valence-electron chi connectivity index (χ3n) is 7.33. The van der Waals surface area contributed by atoms with Gasteiger partial charge in [0.15, 0.2) is 0 Å². The number of aliphatic hydroxyl groups is 2. The Bertz CT molecular complexity index is 1420. The quantitative estimate of drug-likeness (QED) is 0.176. The summed E-state index contributed by atoms with van der Waals surface area (Å²) in [5, 5.41) is 23.5. The minimum atomic E-state index is -4.52. The van der Waals surface area contributed by atoms with E-state index in [4.69, 9.17) is 4.74 Å². The molecule has 0 spiro atoms. The minimum absolute atomic E-state index is 0.148. The molecular formula is C33H35O7PS. The molecule has 42 heavy (non-hydrogen) atoms. The van der Waals surface area contributed by atoms with Gasteiger partial charge < -0.3 is 19.5 Å². The molecule has 0 aromatic heterocycles. The summed E-state index contributed by atoms with van der Waals surface area (Å²) in [4.78, 5) is 11.5. The fourth-order valence-electron chi connectivity index (χ4n) is 5.21. The second kappa shape index (κ2) is 14.7. The molecule has 0 bridgehead atoms. The highest BCUT2D eigenvalue weighted by atomic mass is 32.2. The highest BCUT2D eigenvalue weighted by Crippen LogP contribution is 2.54. The Labute approximate surface area is 247 Å². The Morgan fingerprint density at radius 3 is 1.62 bits per heavy atom. The van der Waals surface area contributed by atoms with Crippen LogP contribution < -0.4 is 15.9 Å². The second-order valence-electron chi connectivity index (χ2n) is 10.0. The molecule has 1 fully saturated rings. The number of ether oxygens (including phenoxy) is 1. The maximum absolute atomic E-state index is 11.9. The van der Waals surface area contributed by atoms with Crippen molar-refractivity contribution in [2.75, 3.05) is 12.8 Å². The van der Waals surface area contributed by atoms with Gasteiger partial charge in [0.2, 0.25) is 0 Å². The summed E-state index contributed by atoms with van der Waals surface area (Å²) >= 11 is 0. The fourth-order valence-corrected chi connectivity index (χ4v) is 9.69. The smallest absolute Gasteiger partial charge is 0.338 e. The highest BCUT2D eigenvalue weighted by Gasteiger charge is 2.44. The molecule has 2 N–H and O–H groups in total. The van der Waals surface area contributed by atoms with Gasteiger partial charge in [-0.15, -0.1) is 0 Å². The molecule has 0 heterocycles.